The van der Waals surface area contributed by atoms with Crippen molar-refractivity contribution in [2.45, 2.75) is 4.90 Å². The molecule has 0 unspecified atom stereocenters. The van der Waals surface area contributed by atoms with Crippen LogP contribution in [-0.4, -0.2) is 13.0 Å². The molecule has 3 nitrogen and oxygen atoms in total. The molecule has 0 saturated heterocycles. The molecular weight excluding hydrogens is 200 g/mol. The highest BCUT2D eigenvalue weighted by atomic mass is 32.2. The van der Waals surface area contributed by atoms with Gasteiger partial charge in [0.2, 0.25) is 0 Å². The molecule has 4 heteroatoms. The summed E-state index contributed by atoms with van der Waals surface area (Å²) in [6.07, 6.45) is 0. The van der Waals surface area contributed by atoms with Crippen molar-refractivity contribution in [2.75, 3.05) is 0 Å². The zero-order chi connectivity index (χ0) is 10.2. The van der Waals surface area contributed by atoms with Crippen LogP contribution in [0.5, 0.6) is 0 Å². The van der Waals surface area contributed by atoms with Crippen LogP contribution in [0.1, 0.15) is 0 Å². The van der Waals surface area contributed by atoms with Crippen LogP contribution in [0, 0.1) is 6.07 Å². The predicted molar refractivity (Wildman–Crippen MR) is 52.6 cm³/mol. The summed E-state index contributed by atoms with van der Waals surface area (Å²) in [6, 6.07) is 12.6. The summed E-state index contributed by atoms with van der Waals surface area (Å²) >= 11 is 0. The van der Waals surface area contributed by atoms with E-state index >= 15 is 0 Å². The third kappa shape index (κ3) is 1.49. The molecule has 71 valence electrons. The van der Waals surface area contributed by atoms with E-state index < -0.39 is 10.1 Å². The molecule has 0 saturated carbocycles. The lowest BCUT2D eigenvalue weighted by atomic mass is 10.1. The van der Waals surface area contributed by atoms with Gasteiger partial charge in [0.05, 0.1) is 0 Å². The summed E-state index contributed by atoms with van der Waals surface area (Å²) in [5, 5.41) is 1.15. The highest BCUT2D eigenvalue weighted by Gasteiger charge is 2.12. The number of fused-ring (bicyclic) bond motifs is 1. The van der Waals surface area contributed by atoms with Crippen molar-refractivity contribution in [3.8, 4) is 0 Å². The Hall–Kier alpha value is -1.39. The zero-order valence-corrected chi connectivity index (χ0v) is 7.95. The van der Waals surface area contributed by atoms with Crippen molar-refractivity contribution in [3.63, 3.8) is 0 Å². The maximum absolute atomic E-state index is 11.0. The second kappa shape index (κ2) is 3.08. The smallest absolute Gasteiger partial charge is 0.282 e. The van der Waals surface area contributed by atoms with Gasteiger partial charge in [0.1, 0.15) is 4.90 Å². The fourth-order valence-electron chi connectivity index (χ4n) is 1.35. The average molecular weight is 207 g/mol. The summed E-state index contributed by atoms with van der Waals surface area (Å²) in [4.78, 5) is -0.0770. The first kappa shape index (κ1) is 9.18. The Labute approximate surface area is 81.7 Å². The lowest BCUT2D eigenvalue weighted by Gasteiger charge is -2.01. The van der Waals surface area contributed by atoms with Crippen molar-refractivity contribution in [2.24, 2.45) is 0 Å². The lowest BCUT2D eigenvalue weighted by molar-refractivity contribution is 0.484. The van der Waals surface area contributed by atoms with Gasteiger partial charge in [-0.25, -0.2) is 0 Å². The van der Waals surface area contributed by atoms with Gasteiger partial charge in [0.25, 0.3) is 10.1 Å². The lowest BCUT2D eigenvalue weighted by Crippen LogP contribution is -1.98. The van der Waals surface area contributed by atoms with Crippen molar-refractivity contribution in [3.05, 3.63) is 42.5 Å². The van der Waals surface area contributed by atoms with E-state index in [1.54, 1.807) is 30.3 Å². The summed E-state index contributed by atoms with van der Waals surface area (Å²) in [5.74, 6) is 0. The molecule has 14 heavy (non-hydrogen) atoms. The van der Waals surface area contributed by atoms with Gasteiger partial charge in [0.15, 0.2) is 0 Å². The maximum Gasteiger partial charge on any atom is 0.295 e. The zero-order valence-electron chi connectivity index (χ0n) is 7.14. The van der Waals surface area contributed by atoms with Gasteiger partial charge in [0, 0.05) is 5.39 Å². The maximum atomic E-state index is 11.0. The standard InChI is InChI=1S/C10H7O3S/c11-14(12,13)10-7-3-5-8-4-1-2-6-9(8)10/h1-3,5-7H,(H,11,12,13). The molecule has 2 aromatic carbocycles. The molecular formula is C10H7O3S. The summed E-state index contributed by atoms with van der Waals surface area (Å²) in [6.45, 7) is 0. The number of rotatable bonds is 1. The third-order valence-corrected chi connectivity index (χ3v) is 2.85. The van der Waals surface area contributed by atoms with Crippen LogP contribution < -0.4 is 0 Å². The normalized spacial score (nSPS) is 11.8. The first-order valence-corrected chi connectivity index (χ1v) is 5.40. The highest BCUT2D eigenvalue weighted by Crippen LogP contribution is 2.21. The van der Waals surface area contributed by atoms with E-state index in [0.717, 1.165) is 0 Å². The summed E-state index contributed by atoms with van der Waals surface area (Å²) in [7, 11) is -4.15. The Morgan fingerprint density at radius 2 is 1.93 bits per heavy atom. The molecule has 0 aliphatic rings. The Kier molecular flexibility index (Phi) is 2.02. The summed E-state index contributed by atoms with van der Waals surface area (Å²) < 4.78 is 30.9. The monoisotopic (exact) mass is 207 g/mol. The molecule has 0 atom stereocenters. The predicted octanol–water partition coefficient (Wildman–Crippen LogP) is 1.89. The van der Waals surface area contributed by atoms with Crippen LogP contribution in [-0.2, 0) is 10.1 Å². The average Bonchev–Trinajstić information content (AvgIpc) is 2.15. The molecule has 1 N–H and O–H groups in total. The van der Waals surface area contributed by atoms with E-state index in [1.807, 2.05) is 0 Å². The van der Waals surface area contributed by atoms with E-state index in [2.05, 4.69) is 6.07 Å². The van der Waals surface area contributed by atoms with Crippen molar-refractivity contribution in [1.82, 2.24) is 0 Å². The van der Waals surface area contributed by atoms with Crippen LogP contribution in [0.3, 0.4) is 0 Å². The molecule has 2 rings (SSSR count). The van der Waals surface area contributed by atoms with Gasteiger partial charge >= 0.3 is 0 Å². The molecule has 0 heterocycles. The Morgan fingerprint density at radius 1 is 1.14 bits per heavy atom. The second-order valence-corrected chi connectivity index (χ2v) is 4.25. The first-order chi connectivity index (χ1) is 6.59. The quantitative estimate of drug-likeness (QED) is 0.726. The van der Waals surface area contributed by atoms with Gasteiger partial charge in [-0.15, -0.1) is 0 Å². The number of hydrogen-bond acceptors (Lipinski definition) is 2. The molecule has 0 aromatic heterocycles. The molecule has 0 aliphatic heterocycles. The minimum atomic E-state index is -4.15. The Balaban J connectivity index is 2.92. The minimum Gasteiger partial charge on any atom is -0.282 e. The van der Waals surface area contributed by atoms with E-state index in [-0.39, 0.29) is 4.90 Å². The first-order valence-electron chi connectivity index (χ1n) is 3.96. The topological polar surface area (TPSA) is 54.4 Å². The van der Waals surface area contributed by atoms with Gasteiger partial charge in [-0.3, -0.25) is 4.55 Å². The summed E-state index contributed by atoms with van der Waals surface area (Å²) in [5.41, 5.74) is 0. The van der Waals surface area contributed by atoms with E-state index in [0.29, 0.717) is 10.8 Å². The highest BCUT2D eigenvalue weighted by molar-refractivity contribution is 7.86. The SMILES string of the molecule is O=S(=O)(O)c1cccc2[c]cccc12. The fourth-order valence-corrected chi connectivity index (χ4v) is 2.06. The molecule has 0 amide bonds. The van der Waals surface area contributed by atoms with Gasteiger partial charge in [-0.2, -0.15) is 8.42 Å². The van der Waals surface area contributed by atoms with Crippen LogP contribution >= 0.6 is 0 Å². The number of hydrogen-bond donors (Lipinski definition) is 1. The van der Waals surface area contributed by atoms with Crippen molar-refractivity contribution >= 4 is 20.9 Å². The Bertz CT molecular complexity index is 567. The van der Waals surface area contributed by atoms with E-state index in [9.17, 15) is 8.42 Å². The molecule has 2 aromatic rings. The third-order valence-electron chi connectivity index (χ3n) is 1.94. The van der Waals surface area contributed by atoms with Crippen LogP contribution in [0.15, 0.2) is 41.3 Å². The molecule has 0 bridgehead atoms. The molecule has 0 spiro atoms. The van der Waals surface area contributed by atoms with Gasteiger partial charge in [-0.05, 0) is 17.5 Å². The molecule has 0 fully saturated rings. The number of benzene rings is 2. The van der Waals surface area contributed by atoms with Gasteiger partial charge in [-0.1, -0.05) is 30.3 Å². The van der Waals surface area contributed by atoms with Crippen molar-refractivity contribution in [1.29, 1.82) is 0 Å². The molecule has 0 aliphatic carbocycles. The van der Waals surface area contributed by atoms with Crippen molar-refractivity contribution < 1.29 is 13.0 Å². The fraction of sp³-hybridized carbons (Fsp3) is 0. The van der Waals surface area contributed by atoms with Crippen LogP contribution in [0.25, 0.3) is 10.8 Å². The van der Waals surface area contributed by atoms with Crippen LogP contribution in [0.2, 0.25) is 0 Å². The molecule has 1 radical (unpaired) electrons. The van der Waals surface area contributed by atoms with Crippen LogP contribution in [0.4, 0.5) is 0 Å². The van der Waals surface area contributed by atoms with Gasteiger partial charge < -0.3 is 0 Å². The second-order valence-electron chi connectivity index (χ2n) is 2.86. The van der Waals surface area contributed by atoms with E-state index in [4.69, 9.17) is 4.55 Å². The minimum absolute atomic E-state index is 0.0770. The Morgan fingerprint density at radius 3 is 2.64 bits per heavy atom. The van der Waals surface area contributed by atoms with E-state index in [1.165, 1.54) is 6.07 Å². The largest absolute Gasteiger partial charge is 0.295 e.